The average molecular weight is 444 g/mol. The van der Waals surface area contributed by atoms with Crippen molar-refractivity contribution in [3.8, 4) is 0 Å². The lowest BCUT2D eigenvalue weighted by Gasteiger charge is -2.23. The zero-order valence-corrected chi connectivity index (χ0v) is 20.1. The standard InChI is InChI=1S/C25H34ClN3O2/c1-7-29(14-23(30)27-22-13-19(26)12-11-18(22)6)15-24(31)28-25-20(16(2)3)9-8-10-21(25)17(4)5/h8-13,16-17H,7,14-15H2,1-6H3,(H,27,30)(H,28,31). The van der Waals surface area contributed by atoms with Crippen molar-refractivity contribution in [2.24, 2.45) is 0 Å². The molecule has 0 atom stereocenters. The molecule has 2 N–H and O–H groups in total. The predicted octanol–water partition coefficient (Wildman–Crippen LogP) is 5.79. The Morgan fingerprint density at radius 2 is 1.48 bits per heavy atom. The molecule has 0 unspecified atom stereocenters. The van der Waals surface area contributed by atoms with Gasteiger partial charge in [-0.3, -0.25) is 14.5 Å². The molecule has 0 aromatic heterocycles. The van der Waals surface area contributed by atoms with Gasteiger partial charge in [0.1, 0.15) is 0 Å². The minimum Gasteiger partial charge on any atom is -0.325 e. The summed E-state index contributed by atoms with van der Waals surface area (Å²) in [6.45, 7) is 13.2. The van der Waals surface area contributed by atoms with Gasteiger partial charge in [0, 0.05) is 16.4 Å². The van der Waals surface area contributed by atoms with Crippen LogP contribution in [-0.2, 0) is 9.59 Å². The number of anilines is 2. The number of nitrogens with zero attached hydrogens (tertiary/aromatic N) is 1. The van der Waals surface area contributed by atoms with Gasteiger partial charge in [0.25, 0.3) is 0 Å². The first-order valence-electron chi connectivity index (χ1n) is 10.8. The highest BCUT2D eigenvalue weighted by Crippen LogP contribution is 2.32. The Labute approximate surface area is 191 Å². The minimum absolute atomic E-state index is 0.122. The quantitative estimate of drug-likeness (QED) is 0.515. The van der Waals surface area contributed by atoms with E-state index in [1.54, 1.807) is 12.1 Å². The van der Waals surface area contributed by atoms with Crippen molar-refractivity contribution in [2.45, 2.75) is 53.4 Å². The number of hydrogen-bond donors (Lipinski definition) is 2. The van der Waals surface area contributed by atoms with Crippen molar-refractivity contribution in [1.82, 2.24) is 4.90 Å². The maximum atomic E-state index is 12.9. The second-order valence-electron chi connectivity index (χ2n) is 8.48. The van der Waals surface area contributed by atoms with Crippen molar-refractivity contribution < 1.29 is 9.59 Å². The first kappa shape index (κ1) is 24.9. The van der Waals surface area contributed by atoms with Crippen LogP contribution in [0.4, 0.5) is 11.4 Å². The molecule has 5 nitrogen and oxygen atoms in total. The van der Waals surface area contributed by atoms with E-state index >= 15 is 0 Å². The van der Waals surface area contributed by atoms with Crippen LogP contribution in [0.5, 0.6) is 0 Å². The molecule has 31 heavy (non-hydrogen) atoms. The molecule has 0 saturated heterocycles. The Morgan fingerprint density at radius 1 is 0.935 bits per heavy atom. The van der Waals surface area contributed by atoms with Gasteiger partial charge in [0.15, 0.2) is 0 Å². The highest BCUT2D eigenvalue weighted by Gasteiger charge is 2.18. The van der Waals surface area contributed by atoms with Gasteiger partial charge < -0.3 is 10.6 Å². The topological polar surface area (TPSA) is 61.4 Å². The summed E-state index contributed by atoms with van der Waals surface area (Å²) in [5.74, 6) is 0.292. The van der Waals surface area contributed by atoms with Gasteiger partial charge in [-0.05, 0) is 54.1 Å². The van der Waals surface area contributed by atoms with Crippen LogP contribution in [0, 0.1) is 6.92 Å². The third-order valence-corrected chi connectivity index (χ3v) is 5.53. The lowest BCUT2D eigenvalue weighted by Crippen LogP contribution is -2.39. The zero-order chi connectivity index (χ0) is 23.1. The van der Waals surface area contributed by atoms with Crippen molar-refractivity contribution in [1.29, 1.82) is 0 Å². The SMILES string of the molecule is CCN(CC(=O)Nc1cc(Cl)ccc1C)CC(=O)Nc1c(C(C)C)cccc1C(C)C. The Kier molecular flexibility index (Phi) is 9.08. The molecule has 0 bridgehead atoms. The molecule has 6 heteroatoms. The number of aryl methyl sites for hydroxylation is 1. The molecule has 0 spiro atoms. The molecule has 2 aromatic rings. The monoisotopic (exact) mass is 443 g/mol. The van der Waals surface area contributed by atoms with E-state index in [9.17, 15) is 9.59 Å². The third kappa shape index (κ3) is 7.08. The number of amides is 2. The van der Waals surface area contributed by atoms with Crippen LogP contribution in [0.3, 0.4) is 0 Å². The highest BCUT2D eigenvalue weighted by atomic mass is 35.5. The number of carbonyl (C=O) groups excluding carboxylic acids is 2. The molecule has 168 valence electrons. The van der Waals surface area contributed by atoms with Crippen molar-refractivity contribution in [3.63, 3.8) is 0 Å². The van der Waals surface area contributed by atoms with Crippen LogP contribution in [0.2, 0.25) is 5.02 Å². The van der Waals surface area contributed by atoms with Gasteiger partial charge in [-0.2, -0.15) is 0 Å². The summed E-state index contributed by atoms with van der Waals surface area (Å²) in [5, 5.41) is 6.57. The van der Waals surface area contributed by atoms with Crippen LogP contribution in [-0.4, -0.2) is 36.3 Å². The normalized spacial score (nSPS) is 11.3. The highest BCUT2D eigenvalue weighted by molar-refractivity contribution is 6.31. The number of carbonyl (C=O) groups is 2. The van der Waals surface area contributed by atoms with E-state index in [1.807, 2.05) is 30.9 Å². The summed E-state index contributed by atoms with van der Waals surface area (Å²) in [4.78, 5) is 27.2. The Balaban J connectivity index is 2.07. The van der Waals surface area contributed by atoms with Crippen LogP contribution in [0.15, 0.2) is 36.4 Å². The smallest absolute Gasteiger partial charge is 0.238 e. The zero-order valence-electron chi connectivity index (χ0n) is 19.4. The molecule has 2 amide bonds. The summed E-state index contributed by atoms with van der Waals surface area (Å²) in [7, 11) is 0. The molecule has 0 aliphatic heterocycles. The van der Waals surface area contributed by atoms with E-state index in [1.165, 1.54) is 0 Å². The van der Waals surface area contributed by atoms with Crippen molar-refractivity contribution in [2.75, 3.05) is 30.3 Å². The van der Waals surface area contributed by atoms with Crippen LogP contribution in [0.25, 0.3) is 0 Å². The van der Waals surface area contributed by atoms with Crippen LogP contribution < -0.4 is 10.6 Å². The van der Waals surface area contributed by atoms with Crippen LogP contribution in [0.1, 0.15) is 63.1 Å². The molecule has 0 fully saturated rings. The fourth-order valence-corrected chi connectivity index (χ4v) is 3.65. The molecule has 0 aliphatic rings. The largest absolute Gasteiger partial charge is 0.325 e. The molecule has 2 rings (SSSR count). The number of para-hydroxylation sites is 1. The second kappa shape index (κ2) is 11.3. The van der Waals surface area contributed by atoms with E-state index in [0.29, 0.717) is 29.1 Å². The number of rotatable bonds is 9. The maximum absolute atomic E-state index is 12.9. The molecule has 0 radical (unpaired) electrons. The molecule has 0 aliphatic carbocycles. The Morgan fingerprint density at radius 3 is 2.00 bits per heavy atom. The van der Waals surface area contributed by atoms with E-state index in [0.717, 1.165) is 22.4 Å². The van der Waals surface area contributed by atoms with E-state index < -0.39 is 0 Å². The molecular formula is C25H34ClN3O2. The number of halogens is 1. The number of hydrogen-bond acceptors (Lipinski definition) is 3. The van der Waals surface area contributed by atoms with Gasteiger partial charge in [0.2, 0.25) is 11.8 Å². The number of likely N-dealkylation sites (N-methyl/N-ethyl adjacent to an activating group) is 1. The molecule has 0 heterocycles. The van der Waals surface area contributed by atoms with E-state index in [-0.39, 0.29) is 24.9 Å². The summed E-state index contributed by atoms with van der Waals surface area (Å²) in [5.41, 5.74) is 4.76. The lowest BCUT2D eigenvalue weighted by atomic mass is 9.92. The van der Waals surface area contributed by atoms with Gasteiger partial charge in [-0.25, -0.2) is 0 Å². The van der Waals surface area contributed by atoms with E-state index in [4.69, 9.17) is 11.6 Å². The second-order valence-corrected chi connectivity index (χ2v) is 8.92. The Bertz CT molecular complexity index is 899. The van der Waals surface area contributed by atoms with Crippen LogP contribution >= 0.6 is 11.6 Å². The first-order chi connectivity index (χ1) is 14.6. The van der Waals surface area contributed by atoms with Gasteiger partial charge in [-0.15, -0.1) is 0 Å². The van der Waals surface area contributed by atoms with E-state index in [2.05, 4.69) is 50.5 Å². The van der Waals surface area contributed by atoms with Gasteiger partial charge >= 0.3 is 0 Å². The summed E-state index contributed by atoms with van der Waals surface area (Å²) in [6, 6.07) is 11.5. The van der Waals surface area contributed by atoms with Crippen molar-refractivity contribution in [3.05, 3.63) is 58.1 Å². The summed E-state index contributed by atoms with van der Waals surface area (Å²) >= 11 is 6.03. The lowest BCUT2D eigenvalue weighted by molar-refractivity contribution is -0.119. The number of benzene rings is 2. The van der Waals surface area contributed by atoms with Gasteiger partial charge in [-0.1, -0.05) is 70.5 Å². The van der Waals surface area contributed by atoms with Gasteiger partial charge in [0.05, 0.1) is 13.1 Å². The van der Waals surface area contributed by atoms with Crippen molar-refractivity contribution >= 4 is 34.8 Å². The fraction of sp³-hybridized carbons (Fsp3) is 0.440. The third-order valence-electron chi connectivity index (χ3n) is 5.29. The summed E-state index contributed by atoms with van der Waals surface area (Å²) < 4.78 is 0. The maximum Gasteiger partial charge on any atom is 0.238 e. The fourth-order valence-electron chi connectivity index (χ4n) is 3.48. The summed E-state index contributed by atoms with van der Waals surface area (Å²) in [6.07, 6.45) is 0. The number of nitrogens with one attached hydrogen (secondary N) is 2. The Hall–Kier alpha value is -2.37. The minimum atomic E-state index is -0.175. The molecule has 2 aromatic carbocycles. The predicted molar refractivity (Wildman–Crippen MR) is 130 cm³/mol. The molecule has 0 saturated carbocycles. The average Bonchev–Trinajstić information content (AvgIpc) is 2.69. The molecular weight excluding hydrogens is 410 g/mol. The first-order valence-corrected chi connectivity index (χ1v) is 11.2.